The summed E-state index contributed by atoms with van der Waals surface area (Å²) in [4.78, 5) is 29.8. The van der Waals surface area contributed by atoms with Gasteiger partial charge in [0.25, 0.3) is 0 Å². The molecule has 32 heavy (non-hydrogen) atoms. The number of carbonyl (C=O) groups is 2. The Morgan fingerprint density at radius 2 is 1.31 bits per heavy atom. The molecule has 4 nitrogen and oxygen atoms in total. The molecule has 0 aliphatic heterocycles. The van der Waals surface area contributed by atoms with Crippen LogP contribution in [0.1, 0.15) is 54.4 Å². The van der Waals surface area contributed by atoms with Gasteiger partial charge in [0.2, 0.25) is 0 Å². The molecule has 1 aromatic heterocycles. The zero-order valence-corrected chi connectivity index (χ0v) is 18.2. The normalized spacial score (nSPS) is 10.7. The maximum absolute atomic E-state index is 13.9. The predicted octanol–water partition coefficient (Wildman–Crippen LogP) is 5.52. The number of benzene rings is 3. The molecule has 160 valence electrons. The Labute approximate surface area is 187 Å². The van der Waals surface area contributed by atoms with Crippen LogP contribution in [-0.4, -0.2) is 23.8 Å². The van der Waals surface area contributed by atoms with E-state index in [1.807, 2.05) is 84.9 Å². The number of hydrogen-bond donors (Lipinski definition) is 1. The first kappa shape index (κ1) is 21.3. The highest BCUT2D eigenvalue weighted by atomic mass is 16.5. The Balaban J connectivity index is 1.80. The van der Waals surface area contributed by atoms with Crippen molar-refractivity contribution in [1.82, 2.24) is 4.98 Å². The van der Waals surface area contributed by atoms with E-state index in [-0.39, 0.29) is 5.78 Å². The maximum Gasteiger partial charge on any atom is 0.340 e. The molecule has 0 aliphatic rings. The lowest BCUT2D eigenvalue weighted by Gasteiger charge is -2.11. The van der Waals surface area contributed by atoms with Crippen molar-refractivity contribution in [2.75, 3.05) is 7.11 Å². The fourth-order valence-corrected chi connectivity index (χ4v) is 4.08. The van der Waals surface area contributed by atoms with Gasteiger partial charge >= 0.3 is 5.97 Å². The number of ketones is 1. The highest BCUT2D eigenvalue weighted by molar-refractivity contribution is 6.16. The minimum atomic E-state index is -0.512. The van der Waals surface area contributed by atoms with Crippen LogP contribution in [0.4, 0.5) is 0 Å². The minimum Gasteiger partial charge on any atom is -0.465 e. The summed E-state index contributed by atoms with van der Waals surface area (Å²) in [5, 5.41) is 0. The summed E-state index contributed by atoms with van der Waals surface area (Å²) < 4.78 is 5.02. The number of hydrogen-bond acceptors (Lipinski definition) is 3. The Hall–Kier alpha value is -3.92. The molecule has 0 amide bonds. The molecule has 0 saturated carbocycles. The molecule has 1 heterocycles. The zero-order valence-electron chi connectivity index (χ0n) is 18.2. The first-order chi connectivity index (χ1) is 15.6. The maximum atomic E-state index is 13.9. The lowest BCUT2D eigenvalue weighted by atomic mass is 9.91. The van der Waals surface area contributed by atoms with Crippen molar-refractivity contribution in [3.63, 3.8) is 0 Å². The van der Waals surface area contributed by atoms with Crippen LogP contribution in [-0.2, 0) is 17.6 Å². The molecule has 0 fully saturated rings. The summed E-state index contributed by atoms with van der Waals surface area (Å²) in [5.74, 6) is -0.686. The standard InChI is InChI=1S/C28H25NO3/c1-19-25(28(31)32-2)26(24(29-19)18-21-13-7-4-8-14-21)27(30)23-16-10-9-15-22(23)17-20-11-5-3-6-12-20/h3-16,29H,17-18H2,1-2H3. The van der Waals surface area contributed by atoms with Gasteiger partial charge in [-0.2, -0.15) is 0 Å². The summed E-state index contributed by atoms with van der Waals surface area (Å²) >= 11 is 0. The molecule has 0 spiro atoms. The van der Waals surface area contributed by atoms with E-state index in [2.05, 4.69) is 4.98 Å². The summed E-state index contributed by atoms with van der Waals surface area (Å²) in [5.41, 5.74) is 5.73. The molecular formula is C28H25NO3. The fraction of sp³-hybridized carbons (Fsp3) is 0.143. The monoisotopic (exact) mass is 423 g/mol. The number of carbonyl (C=O) groups excluding carboxylic acids is 2. The molecule has 4 aromatic rings. The van der Waals surface area contributed by atoms with E-state index in [1.54, 1.807) is 6.92 Å². The van der Waals surface area contributed by atoms with E-state index in [0.717, 1.165) is 16.7 Å². The number of esters is 1. The van der Waals surface area contributed by atoms with E-state index < -0.39 is 5.97 Å². The van der Waals surface area contributed by atoms with Gasteiger partial charge in [-0.1, -0.05) is 84.9 Å². The molecule has 0 radical (unpaired) electrons. The van der Waals surface area contributed by atoms with Crippen LogP contribution in [0.3, 0.4) is 0 Å². The molecule has 0 atom stereocenters. The van der Waals surface area contributed by atoms with E-state index in [1.165, 1.54) is 7.11 Å². The third-order valence-corrected chi connectivity index (χ3v) is 5.60. The van der Waals surface area contributed by atoms with Crippen molar-refractivity contribution in [3.05, 3.63) is 130 Å². The van der Waals surface area contributed by atoms with Crippen molar-refractivity contribution in [1.29, 1.82) is 0 Å². The van der Waals surface area contributed by atoms with E-state index in [0.29, 0.717) is 40.9 Å². The van der Waals surface area contributed by atoms with Crippen molar-refractivity contribution >= 4 is 11.8 Å². The van der Waals surface area contributed by atoms with Gasteiger partial charge in [0.15, 0.2) is 5.78 Å². The van der Waals surface area contributed by atoms with Gasteiger partial charge in [0.1, 0.15) is 0 Å². The third-order valence-electron chi connectivity index (χ3n) is 5.60. The van der Waals surface area contributed by atoms with Gasteiger partial charge in [-0.25, -0.2) is 4.79 Å². The largest absolute Gasteiger partial charge is 0.465 e. The average molecular weight is 424 g/mol. The van der Waals surface area contributed by atoms with Crippen LogP contribution in [0.5, 0.6) is 0 Å². The van der Waals surface area contributed by atoms with Gasteiger partial charge in [-0.05, 0) is 30.0 Å². The number of aryl methyl sites for hydroxylation is 1. The predicted molar refractivity (Wildman–Crippen MR) is 125 cm³/mol. The number of H-pyrrole nitrogens is 1. The van der Waals surface area contributed by atoms with Gasteiger partial charge in [-0.15, -0.1) is 0 Å². The second kappa shape index (κ2) is 9.48. The number of ether oxygens (including phenoxy) is 1. The highest BCUT2D eigenvalue weighted by Crippen LogP contribution is 2.27. The second-order valence-electron chi connectivity index (χ2n) is 7.78. The summed E-state index contributed by atoms with van der Waals surface area (Å²) in [7, 11) is 1.34. The molecule has 0 saturated heterocycles. The average Bonchev–Trinajstić information content (AvgIpc) is 3.15. The number of nitrogens with one attached hydrogen (secondary N) is 1. The molecule has 0 aliphatic carbocycles. The van der Waals surface area contributed by atoms with Crippen LogP contribution in [0, 0.1) is 6.92 Å². The molecule has 4 rings (SSSR count). The van der Waals surface area contributed by atoms with Gasteiger partial charge in [-0.3, -0.25) is 4.79 Å². The topological polar surface area (TPSA) is 59.2 Å². The Morgan fingerprint density at radius 3 is 1.94 bits per heavy atom. The quantitative estimate of drug-likeness (QED) is 0.314. The van der Waals surface area contributed by atoms with Crippen molar-refractivity contribution < 1.29 is 14.3 Å². The van der Waals surface area contributed by atoms with E-state index >= 15 is 0 Å². The van der Waals surface area contributed by atoms with E-state index in [4.69, 9.17) is 4.74 Å². The summed E-state index contributed by atoms with van der Waals surface area (Å²) in [6.45, 7) is 1.80. The first-order valence-corrected chi connectivity index (χ1v) is 10.6. The molecule has 0 bridgehead atoms. The Kier molecular flexibility index (Phi) is 6.31. The highest BCUT2D eigenvalue weighted by Gasteiger charge is 2.28. The van der Waals surface area contributed by atoms with Crippen LogP contribution in [0.15, 0.2) is 84.9 Å². The fourth-order valence-electron chi connectivity index (χ4n) is 4.08. The molecule has 4 heteroatoms. The first-order valence-electron chi connectivity index (χ1n) is 10.6. The summed E-state index contributed by atoms with van der Waals surface area (Å²) in [6, 6.07) is 27.5. The van der Waals surface area contributed by atoms with Crippen LogP contribution < -0.4 is 0 Å². The van der Waals surface area contributed by atoms with Crippen molar-refractivity contribution in [2.24, 2.45) is 0 Å². The Bertz CT molecular complexity index is 1240. The number of aromatic amines is 1. The molecule has 1 N–H and O–H groups in total. The van der Waals surface area contributed by atoms with Crippen LogP contribution in [0.25, 0.3) is 0 Å². The van der Waals surface area contributed by atoms with Gasteiger partial charge in [0.05, 0.1) is 18.2 Å². The molecule has 0 unspecified atom stereocenters. The summed E-state index contributed by atoms with van der Waals surface area (Å²) in [6.07, 6.45) is 1.15. The third kappa shape index (κ3) is 4.40. The molecule has 3 aromatic carbocycles. The minimum absolute atomic E-state index is 0.174. The van der Waals surface area contributed by atoms with E-state index in [9.17, 15) is 9.59 Å². The molecular weight excluding hydrogens is 398 g/mol. The van der Waals surface area contributed by atoms with Crippen LogP contribution >= 0.6 is 0 Å². The second-order valence-corrected chi connectivity index (χ2v) is 7.78. The van der Waals surface area contributed by atoms with Gasteiger partial charge < -0.3 is 9.72 Å². The van der Waals surface area contributed by atoms with Crippen molar-refractivity contribution in [2.45, 2.75) is 19.8 Å². The number of methoxy groups -OCH3 is 1. The van der Waals surface area contributed by atoms with Crippen molar-refractivity contribution in [3.8, 4) is 0 Å². The number of rotatable bonds is 7. The Morgan fingerprint density at radius 1 is 0.750 bits per heavy atom. The van der Waals surface area contributed by atoms with Gasteiger partial charge in [0, 0.05) is 23.4 Å². The lowest BCUT2D eigenvalue weighted by Crippen LogP contribution is -2.14. The van der Waals surface area contributed by atoms with Crippen LogP contribution in [0.2, 0.25) is 0 Å². The SMILES string of the molecule is COC(=O)c1c(C)[nH]c(Cc2ccccc2)c1C(=O)c1ccccc1Cc1ccccc1. The smallest absolute Gasteiger partial charge is 0.340 e. The number of aromatic nitrogens is 1. The zero-order chi connectivity index (χ0) is 22.5. The lowest BCUT2D eigenvalue weighted by molar-refractivity contribution is 0.0597.